The fourth-order valence-electron chi connectivity index (χ4n) is 11.2. The fourth-order valence-corrected chi connectivity index (χ4v) is 11.2. The lowest BCUT2D eigenvalue weighted by Crippen LogP contribution is -2.10. The van der Waals surface area contributed by atoms with Gasteiger partial charge in [-0.15, -0.1) is 0 Å². The van der Waals surface area contributed by atoms with Gasteiger partial charge in [0.05, 0.1) is 0 Å². The maximum Gasteiger partial charge on any atom is 0.143 e. The van der Waals surface area contributed by atoms with Crippen LogP contribution in [0.3, 0.4) is 0 Å². The first-order valence-electron chi connectivity index (χ1n) is 24.7. The van der Waals surface area contributed by atoms with Crippen LogP contribution in [-0.2, 0) is 0 Å². The van der Waals surface area contributed by atoms with Crippen molar-refractivity contribution in [3.05, 3.63) is 273 Å². The van der Waals surface area contributed by atoms with Crippen LogP contribution in [0.5, 0.6) is 0 Å². The van der Waals surface area contributed by atoms with E-state index in [1.54, 1.807) is 0 Å². The predicted molar refractivity (Wildman–Crippen MR) is 306 cm³/mol. The topological polar surface area (TPSA) is 16.4 Å². The summed E-state index contributed by atoms with van der Waals surface area (Å²) in [5.41, 5.74) is 16.8. The molecule has 0 unspecified atom stereocenters. The van der Waals surface area contributed by atoms with Crippen molar-refractivity contribution in [2.75, 3.05) is 4.90 Å². The Hall–Kier alpha value is -9.50. The zero-order chi connectivity index (χ0) is 47.5. The third-order valence-corrected chi connectivity index (χ3v) is 14.6. The SMILES string of the molecule is c1ccc(-c2c(-c3ccccc3)c3cc(-c4cccc(N(c5ccc(-c6ccc7ccccc7c6)cc5)c5cccc(-c6cccc7oc8c9ccccc9ccc8c67)c5)c4)ccc3c3ccccc23)cc1. The molecule has 14 aromatic rings. The summed E-state index contributed by atoms with van der Waals surface area (Å²) in [5, 5.41) is 12.0. The molecule has 2 heteroatoms. The average Bonchev–Trinajstić information content (AvgIpc) is 3.85. The van der Waals surface area contributed by atoms with Crippen LogP contribution in [0.1, 0.15) is 0 Å². The average molecular weight is 916 g/mol. The first-order valence-corrected chi connectivity index (χ1v) is 24.7. The van der Waals surface area contributed by atoms with Crippen LogP contribution in [0, 0.1) is 0 Å². The van der Waals surface area contributed by atoms with Gasteiger partial charge in [-0.25, -0.2) is 0 Å². The van der Waals surface area contributed by atoms with Gasteiger partial charge in [-0.3, -0.25) is 0 Å². The summed E-state index contributed by atoms with van der Waals surface area (Å²) in [6.07, 6.45) is 0. The van der Waals surface area contributed by atoms with Gasteiger partial charge in [-0.2, -0.15) is 0 Å². The summed E-state index contributed by atoms with van der Waals surface area (Å²) in [4.78, 5) is 2.40. The Kier molecular flexibility index (Phi) is 9.89. The third-order valence-electron chi connectivity index (χ3n) is 14.6. The van der Waals surface area contributed by atoms with Gasteiger partial charge in [0, 0.05) is 33.2 Å². The first-order chi connectivity index (χ1) is 35.7. The highest BCUT2D eigenvalue weighted by atomic mass is 16.3. The maximum atomic E-state index is 6.67. The first kappa shape index (κ1) is 41.5. The van der Waals surface area contributed by atoms with E-state index in [1.807, 2.05) is 0 Å². The second kappa shape index (κ2) is 17.2. The molecule has 1 aromatic heterocycles. The van der Waals surface area contributed by atoms with Gasteiger partial charge < -0.3 is 9.32 Å². The Bertz CT molecular complexity index is 4380. The van der Waals surface area contributed by atoms with E-state index in [-0.39, 0.29) is 0 Å². The molecule has 13 aromatic carbocycles. The number of furan rings is 1. The van der Waals surface area contributed by atoms with Crippen molar-refractivity contribution in [1.82, 2.24) is 0 Å². The fraction of sp³-hybridized carbons (Fsp3) is 0. The molecular formula is C70H45NO. The van der Waals surface area contributed by atoms with E-state index in [9.17, 15) is 0 Å². The molecule has 0 N–H and O–H groups in total. The van der Waals surface area contributed by atoms with E-state index in [1.165, 1.54) is 71.1 Å². The zero-order valence-corrected chi connectivity index (χ0v) is 39.3. The van der Waals surface area contributed by atoms with E-state index in [0.717, 1.165) is 66.6 Å². The molecule has 0 saturated carbocycles. The Morgan fingerprint density at radius 1 is 0.250 bits per heavy atom. The molecule has 14 rings (SSSR count). The number of rotatable bonds is 8. The van der Waals surface area contributed by atoms with Gasteiger partial charge in [-0.05, 0) is 154 Å². The normalized spacial score (nSPS) is 11.6. The Morgan fingerprint density at radius 2 is 0.764 bits per heavy atom. The third kappa shape index (κ3) is 7.03. The highest BCUT2D eigenvalue weighted by Crippen LogP contribution is 2.47. The van der Waals surface area contributed by atoms with E-state index in [2.05, 4.69) is 278 Å². The number of benzene rings is 13. The van der Waals surface area contributed by atoms with Crippen molar-refractivity contribution < 1.29 is 4.42 Å². The molecule has 0 bridgehead atoms. The van der Waals surface area contributed by atoms with Crippen molar-refractivity contribution in [3.63, 3.8) is 0 Å². The molecule has 336 valence electrons. The number of fused-ring (bicyclic) bond motifs is 9. The van der Waals surface area contributed by atoms with Gasteiger partial charge in [0.15, 0.2) is 0 Å². The van der Waals surface area contributed by atoms with Crippen molar-refractivity contribution in [3.8, 4) is 55.6 Å². The minimum Gasteiger partial charge on any atom is -0.455 e. The molecular weight excluding hydrogens is 871 g/mol. The Morgan fingerprint density at radius 3 is 1.53 bits per heavy atom. The molecule has 0 spiro atoms. The second-order valence-corrected chi connectivity index (χ2v) is 18.8. The summed E-state index contributed by atoms with van der Waals surface area (Å²) in [5.74, 6) is 0. The van der Waals surface area contributed by atoms with Gasteiger partial charge in [0.1, 0.15) is 11.2 Å². The van der Waals surface area contributed by atoms with Crippen LogP contribution < -0.4 is 4.90 Å². The molecule has 0 aliphatic heterocycles. The quantitative estimate of drug-likeness (QED) is 0.141. The summed E-state index contributed by atoms with van der Waals surface area (Å²) in [6, 6.07) is 99.3. The van der Waals surface area contributed by atoms with Gasteiger partial charge in [0.2, 0.25) is 0 Å². The minimum atomic E-state index is 0.882. The molecule has 0 amide bonds. The lowest BCUT2D eigenvalue weighted by molar-refractivity contribution is 0.673. The summed E-state index contributed by atoms with van der Waals surface area (Å²) < 4.78 is 6.67. The van der Waals surface area contributed by atoms with Crippen LogP contribution in [0.25, 0.3) is 121 Å². The summed E-state index contributed by atoms with van der Waals surface area (Å²) in [7, 11) is 0. The highest BCUT2D eigenvalue weighted by molar-refractivity contribution is 6.22. The number of nitrogens with zero attached hydrogens (tertiary/aromatic N) is 1. The van der Waals surface area contributed by atoms with Crippen LogP contribution in [0.2, 0.25) is 0 Å². The molecule has 0 radical (unpaired) electrons. The number of hydrogen-bond acceptors (Lipinski definition) is 2. The highest BCUT2D eigenvalue weighted by Gasteiger charge is 2.21. The summed E-state index contributed by atoms with van der Waals surface area (Å²) >= 11 is 0. The lowest BCUT2D eigenvalue weighted by atomic mass is 9.84. The second-order valence-electron chi connectivity index (χ2n) is 18.8. The Balaban J connectivity index is 0.941. The van der Waals surface area contributed by atoms with Crippen molar-refractivity contribution in [2.24, 2.45) is 0 Å². The molecule has 72 heavy (non-hydrogen) atoms. The molecule has 0 saturated heterocycles. The smallest absolute Gasteiger partial charge is 0.143 e. The van der Waals surface area contributed by atoms with Crippen LogP contribution in [0.15, 0.2) is 277 Å². The molecule has 0 aliphatic carbocycles. The molecule has 2 nitrogen and oxygen atoms in total. The van der Waals surface area contributed by atoms with E-state index < -0.39 is 0 Å². The Labute approximate surface area is 417 Å². The van der Waals surface area contributed by atoms with Gasteiger partial charge >= 0.3 is 0 Å². The largest absolute Gasteiger partial charge is 0.455 e. The standard InChI is InChI=1S/C70H45NO/c1-3-18-49(19-4-1)67-63-29-12-11-28-61(63)62-40-37-54(45-65(62)68(67)50-20-5-2-6-21-50)52-23-13-25-57(43-52)71(56-38-34-47(35-39-56)53-33-32-46-16-7-8-22-51(46)42-53)58-26-14-24-55(44-58)59-30-15-31-66-69(59)64-41-36-48-17-9-10-27-60(48)70(64)72-66/h1-45H. The monoisotopic (exact) mass is 915 g/mol. The van der Waals surface area contributed by atoms with Gasteiger partial charge in [-0.1, -0.05) is 212 Å². The van der Waals surface area contributed by atoms with Crippen molar-refractivity contribution >= 4 is 82.1 Å². The van der Waals surface area contributed by atoms with Crippen molar-refractivity contribution in [1.29, 1.82) is 0 Å². The zero-order valence-electron chi connectivity index (χ0n) is 39.3. The molecule has 0 atom stereocenters. The van der Waals surface area contributed by atoms with Gasteiger partial charge in [0.25, 0.3) is 0 Å². The minimum absolute atomic E-state index is 0.882. The van der Waals surface area contributed by atoms with Crippen LogP contribution in [-0.4, -0.2) is 0 Å². The number of anilines is 3. The predicted octanol–water partition coefficient (Wildman–Crippen LogP) is 20.0. The lowest BCUT2D eigenvalue weighted by Gasteiger charge is -2.27. The van der Waals surface area contributed by atoms with E-state index in [0.29, 0.717) is 0 Å². The molecule has 1 heterocycles. The maximum absolute atomic E-state index is 6.67. The molecule has 0 fully saturated rings. The van der Waals surface area contributed by atoms with Crippen LogP contribution >= 0.6 is 0 Å². The van der Waals surface area contributed by atoms with Crippen molar-refractivity contribution in [2.45, 2.75) is 0 Å². The molecule has 0 aliphatic rings. The summed E-state index contributed by atoms with van der Waals surface area (Å²) in [6.45, 7) is 0. The van der Waals surface area contributed by atoms with E-state index in [4.69, 9.17) is 4.42 Å². The van der Waals surface area contributed by atoms with E-state index >= 15 is 0 Å². The van der Waals surface area contributed by atoms with Crippen LogP contribution in [0.4, 0.5) is 17.1 Å². The number of hydrogen-bond donors (Lipinski definition) is 0.